The van der Waals surface area contributed by atoms with Crippen molar-refractivity contribution in [3.05, 3.63) is 16.6 Å². The number of aliphatic hydroxyl groups excluding tert-OH is 1. The number of rotatable bonds is 6. The van der Waals surface area contributed by atoms with Gasteiger partial charge in [0, 0.05) is 18.5 Å². The van der Waals surface area contributed by atoms with Gasteiger partial charge < -0.3 is 10.0 Å². The van der Waals surface area contributed by atoms with Crippen LogP contribution in [0.4, 0.5) is 0 Å². The second-order valence-corrected chi connectivity index (χ2v) is 6.69. The van der Waals surface area contributed by atoms with Gasteiger partial charge in [-0.2, -0.15) is 0 Å². The van der Waals surface area contributed by atoms with Gasteiger partial charge in [0.05, 0.1) is 17.3 Å². The monoisotopic (exact) mass is 282 g/mol. The zero-order chi connectivity index (χ0) is 13.7. The Bertz CT molecular complexity index is 355. The molecule has 3 unspecified atom stereocenters. The highest BCUT2D eigenvalue weighted by Gasteiger charge is 2.29. The first-order valence-corrected chi connectivity index (χ1v) is 8.37. The Morgan fingerprint density at radius 2 is 2.32 bits per heavy atom. The fourth-order valence-electron chi connectivity index (χ4n) is 3.27. The predicted molar refractivity (Wildman–Crippen MR) is 80.2 cm³/mol. The number of aliphatic hydroxyl groups is 1. The first-order chi connectivity index (χ1) is 9.19. The topological polar surface area (TPSA) is 36.4 Å². The minimum absolute atomic E-state index is 0.106. The molecule has 0 saturated heterocycles. The summed E-state index contributed by atoms with van der Waals surface area (Å²) in [6.45, 7) is 4.14. The normalized spacial score (nSPS) is 27.9. The van der Waals surface area contributed by atoms with Crippen molar-refractivity contribution in [2.75, 3.05) is 13.6 Å². The average molecular weight is 282 g/mol. The molecule has 0 aromatic carbocycles. The van der Waals surface area contributed by atoms with Crippen LogP contribution in [0.3, 0.4) is 0 Å². The summed E-state index contributed by atoms with van der Waals surface area (Å²) in [4.78, 5) is 6.63. The van der Waals surface area contributed by atoms with Crippen LogP contribution in [0.15, 0.2) is 10.9 Å². The minimum Gasteiger partial charge on any atom is -0.393 e. The zero-order valence-corrected chi connectivity index (χ0v) is 12.9. The van der Waals surface area contributed by atoms with Gasteiger partial charge in [-0.05, 0) is 38.1 Å². The van der Waals surface area contributed by atoms with Gasteiger partial charge in [-0.1, -0.05) is 19.8 Å². The van der Waals surface area contributed by atoms with Crippen LogP contribution < -0.4 is 0 Å². The Balaban J connectivity index is 1.82. The maximum atomic E-state index is 10.2. The fraction of sp³-hybridized carbons (Fsp3) is 0.800. The molecule has 1 aliphatic carbocycles. The lowest BCUT2D eigenvalue weighted by molar-refractivity contribution is 0.0286. The van der Waals surface area contributed by atoms with Crippen molar-refractivity contribution >= 4 is 11.3 Å². The van der Waals surface area contributed by atoms with E-state index >= 15 is 0 Å². The lowest BCUT2D eigenvalue weighted by atomic mass is 9.77. The summed E-state index contributed by atoms with van der Waals surface area (Å²) in [5.74, 6) is 1.26. The molecule has 1 N–H and O–H groups in total. The zero-order valence-electron chi connectivity index (χ0n) is 12.1. The number of aromatic nitrogens is 1. The van der Waals surface area contributed by atoms with E-state index in [9.17, 15) is 5.11 Å². The van der Waals surface area contributed by atoms with Crippen LogP contribution in [-0.2, 0) is 6.54 Å². The highest BCUT2D eigenvalue weighted by Crippen LogP contribution is 2.32. The summed E-state index contributed by atoms with van der Waals surface area (Å²) in [5.41, 5.74) is 3.03. The molecule has 0 spiro atoms. The number of thiazole rings is 1. The molecule has 1 aliphatic rings. The summed E-state index contributed by atoms with van der Waals surface area (Å²) in [5, 5.41) is 12.3. The average Bonchev–Trinajstić information content (AvgIpc) is 2.86. The molecule has 1 aromatic rings. The summed E-state index contributed by atoms with van der Waals surface area (Å²) >= 11 is 1.65. The van der Waals surface area contributed by atoms with Crippen molar-refractivity contribution in [3.63, 3.8) is 0 Å². The summed E-state index contributed by atoms with van der Waals surface area (Å²) in [7, 11) is 2.13. The standard InChI is InChI=1S/C15H26N2OS/c1-3-4-12-5-6-15(18)13(7-12)8-17(2)9-14-10-19-11-16-14/h10-13,15,18H,3-9H2,1-2H3. The molecule has 1 saturated carbocycles. The van der Waals surface area contributed by atoms with Crippen molar-refractivity contribution in [2.24, 2.45) is 11.8 Å². The highest BCUT2D eigenvalue weighted by atomic mass is 32.1. The van der Waals surface area contributed by atoms with E-state index in [1.807, 2.05) is 5.51 Å². The molecule has 0 radical (unpaired) electrons. The molecular weight excluding hydrogens is 256 g/mol. The van der Waals surface area contributed by atoms with E-state index in [0.29, 0.717) is 5.92 Å². The molecule has 0 bridgehead atoms. The first kappa shape index (κ1) is 14.9. The molecule has 1 aromatic heterocycles. The molecule has 4 heteroatoms. The van der Waals surface area contributed by atoms with Crippen molar-refractivity contribution in [1.29, 1.82) is 0 Å². The molecular formula is C15H26N2OS. The Morgan fingerprint density at radius 3 is 3.00 bits per heavy atom. The van der Waals surface area contributed by atoms with Gasteiger partial charge in [0.1, 0.15) is 0 Å². The third-order valence-electron chi connectivity index (χ3n) is 4.21. The van der Waals surface area contributed by atoms with Gasteiger partial charge >= 0.3 is 0 Å². The van der Waals surface area contributed by atoms with Crippen LogP contribution in [0.1, 0.15) is 44.7 Å². The van der Waals surface area contributed by atoms with Crippen molar-refractivity contribution in [3.8, 4) is 0 Å². The van der Waals surface area contributed by atoms with Crippen LogP contribution in [0.5, 0.6) is 0 Å². The molecule has 108 valence electrons. The van der Waals surface area contributed by atoms with Crippen molar-refractivity contribution in [1.82, 2.24) is 9.88 Å². The fourth-order valence-corrected chi connectivity index (χ4v) is 3.82. The Kier molecular flexibility index (Phi) is 5.79. The van der Waals surface area contributed by atoms with Crippen molar-refractivity contribution < 1.29 is 5.11 Å². The van der Waals surface area contributed by atoms with Crippen LogP contribution in [0.2, 0.25) is 0 Å². The number of hydrogen-bond donors (Lipinski definition) is 1. The largest absolute Gasteiger partial charge is 0.393 e. The van der Waals surface area contributed by atoms with Gasteiger partial charge in [0.15, 0.2) is 0 Å². The van der Waals surface area contributed by atoms with Crippen molar-refractivity contribution in [2.45, 2.75) is 51.7 Å². The van der Waals surface area contributed by atoms with Gasteiger partial charge in [0.25, 0.3) is 0 Å². The van der Waals surface area contributed by atoms with E-state index < -0.39 is 0 Å². The van der Waals surface area contributed by atoms with Crippen LogP contribution in [0, 0.1) is 11.8 Å². The Hall–Kier alpha value is -0.450. The molecule has 19 heavy (non-hydrogen) atoms. The van der Waals surface area contributed by atoms with Gasteiger partial charge in [-0.15, -0.1) is 11.3 Å². The molecule has 2 rings (SSSR count). The first-order valence-electron chi connectivity index (χ1n) is 7.42. The third kappa shape index (κ3) is 4.55. The molecule has 0 amide bonds. The summed E-state index contributed by atoms with van der Waals surface area (Å²) in [6, 6.07) is 0. The number of hydrogen-bond acceptors (Lipinski definition) is 4. The smallest absolute Gasteiger partial charge is 0.0795 e. The van der Waals surface area contributed by atoms with Gasteiger partial charge in [-0.25, -0.2) is 4.98 Å². The quantitative estimate of drug-likeness (QED) is 0.870. The highest BCUT2D eigenvalue weighted by molar-refractivity contribution is 7.07. The molecule has 1 fully saturated rings. The van der Waals surface area contributed by atoms with Gasteiger partial charge in [-0.3, -0.25) is 0 Å². The van der Waals surface area contributed by atoms with E-state index in [1.54, 1.807) is 11.3 Å². The molecule has 0 aliphatic heterocycles. The maximum Gasteiger partial charge on any atom is 0.0795 e. The van der Waals surface area contributed by atoms with Crippen LogP contribution in [-0.4, -0.2) is 34.7 Å². The van der Waals surface area contributed by atoms with E-state index in [1.165, 1.54) is 25.7 Å². The van der Waals surface area contributed by atoms with E-state index in [0.717, 1.165) is 31.1 Å². The Labute approximate surface area is 120 Å². The van der Waals surface area contributed by atoms with Gasteiger partial charge in [0.2, 0.25) is 0 Å². The minimum atomic E-state index is -0.106. The van der Waals surface area contributed by atoms with E-state index in [4.69, 9.17) is 0 Å². The SMILES string of the molecule is CCCC1CCC(O)C(CN(C)Cc2cscn2)C1. The molecule has 3 atom stereocenters. The van der Waals surface area contributed by atoms with Crippen LogP contribution >= 0.6 is 11.3 Å². The molecule has 3 nitrogen and oxygen atoms in total. The Morgan fingerprint density at radius 1 is 1.47 bits per heavy atom. The summed E-state index contributed by atoms with van der Waals surface area (Å²) in [6.07, 6.45) is 5.87. The van der Waals surface area contributed by atoms with Crippen LogP contribution in [0.25, 0.3) is 0 Å². The second-order valence-electron chi connectivity index (χ2n) is 5.97. The van der Waals surface area contributed by atoms with E-state index in [-0.39, 0.29) is 6.10 Å². The second kappa shape index (κ2) is 7.36. The third-order valence-corrected chi connectivity index (χ3v) is 4.84. The lowest BCUT2D eigenvalue weighted by Crippen LogP contribution is -2.37. The summed E-state index contributed by atoms with van der Waals surface area (Å²) < 4.78 is 0. The van der Waals surface area contributed by atoms with E-state index in [2.05, 4.69) is 29.2 Å². The predicted octanol–water partition coefficient (Wildman–Crippen LogP) is 3.15. The lowest BCUT2D eigenvalue weighted by Gasteiger charge is -2.35. The maximum absolute atomic E-state index is 10.2. The number of nitrogens with zero attached hydrogens (tertiary/aromatic N) is 2. The molecule has 1 heterocycles.